The van der Waals surface area contributed by atoms with Gasteiger partial charge in [0.2, 0.25) is 5.28 Å². The number of carbonyl (C=O) groups is 1. The van der Waals surface area contributed by atoms with E-state index in [1.807, 2.05) is 35.6 Å². The maximum absolute atomic E-state index is 12.7. The van der Waals surface area contributed by atoms with Crippen molar-refractivity contribution in [2.45, 2.75) is 26.4 Å². The van der Waals surface area contributed by atoms with Crippen molar-refractivity contribution in [2.75, 3.05) is 20.3 Å². The first kappa shape index (κ1) is 16.0. The van der Waals surface area contributed by atoms with Crippen LogP contribution in [0, 0.1) is 6.92 Å². The van der Waals surface area contributed by atoms with Crippen molar-refractivity contribution in [3.63, 3.8) is 0 Å². The summed E-state index contributed by atoms with van der Waals surface area (Å²) in [4.78, 5) is 22.8. The molecular formula is C16H19ClN4O2. The molecule has 0 N–H and O–H groups in total. The van der Waals surface area contributed by atoms with Gasteiger partial charge in [0.1, 0.15) is 5.69 Å². The number of hydrogen-bond donors (Lipinski definition) is 0. The predicted octanol–water partition coefficient (Wildman–Crippen LogP) is 2.40. The van der Waals surface area contributed by atoms with Crippen LogP contribution in [0.25, 0.3) is 11.3 Å². The molecule has 2 aromatic rings. The fraction of sp³-hybridized carbons (Fsp3) is 0.438. The van der Waals surface area contributed by atoms with Crippen LogP contribution >= 0.6 is 11.6 Å². The molecule has 1 atom stereocenters. The average molecular weight is 335 g/mol. The fourth-order valence-electron chi connectivity index (χ4n) is 2.92. The minimum absolute atomic E-state index is 0.0184. The topological polar surface area (TPSA) is 60.2 Å². The summed E-state index contributed by atoms with van der Waals surface area (Å²) >= 11 is 5.91. The second kappa shape index (κ2) is 6.29. The Kier molecular flexibility index (Phi) is 4.37. The number of amides is 1. The van der Waals surface area contributed by atoms with Gasteiger partial charge in [-0.15, -0.1) is 0 Å². The van der Waals surface area contributed by atoms with E-state index in [1.54, 1.807) is 13.3 Å². The molecule has 0 radical (unpaired) electrons. The van der Waals surface area contributed by atoms with E-state index in [0.29, 0.717) is 18.8 Å². The Morgan fingerprint density at radius 1 is 1.48 bits per heavy atom. The zero-order chi connectivity index (χ0) is 16.6. The number of hydrogen-bond acceptors (Lipinski definition) is 4. The highest BCUT2D eigenvalue weighted by Crippen LogP contribution is 2.28. The molecule has 2 aromatic heterocycles. The zero-order valence-electron chi connectivity index (χ0n) is 13.4. The minimum Gasteiger partial charge on any atom is -0.383 e. The minimum atomic E-state index is 0.0184. The van der Waals surface area contributed by atoms with Crippen molar-refractivity contribution in [2.24, 2.45) is 0 Å². The molecule has 122 valence electrons. The lowest BCUT2D eigenvalue weighted by Crippen LogP contribution is -2.47. The van der Waals surface area contributed by atoms with Gasteiger partial charge in [0.05, 0.1) is 12.3 Å². The van der Waals surface area contributed by atoms with Crippen LogP contribution < -0.4 is 0 Å². The Morgan fingerprint density at radius 3 is 3.00 bits per heavy atom. The highest BCUT2D eigenvalue weighted by Gasteiger charge is 2.30. The molecule has 7 heteroatoms. The van der Waals surface area contributed by atoms with Crippen LogP contribution in [0.2, 0.25) is 5.28 Å². The lowest BCUT2D eigenvalue weighted by molar-refractivity contribution is 0.0536. The standard InChI is InChI=1S/C16H19ClN4O2/c1-10-7-18-16(17)19-14(10)12-6-13-15(22)21(4-5-23-3)11(2)8-20(13)9-12/h6-7,9,11H,4-5,8H2,1-3H3/t11-/m0/s1. The predicted molar refractivity (Wildman–Crippen MR) is 87.6 cm³/mol. The van der Waals surface area contributed by atoms with E-state index in [9.17, 15) is 4.79 Å². The summed E-state index contributed by atoms with van der Waals surface area (Å²) in [6.07, 6.45) is 3.65. The van der Waals surface area contributed by atoms with Gasteiger partial charge < -0.3 is 14.2 Å². The summed E-state index contributed by atoms with van der Waals surface area (Å²) < 4.78 is 7.09. The van der Waals surface area contributed by atoms with Crippen molar-refractivity contribution in [3.05, 3.63) is 35.0 Å². The molecule has 0 saturated heterocycles. The molecule has 0 bridgehead atoms. The first-order valence-corrected chi connectivity index (χ1v) is 7.88. The Labute approximate surface area is 140 Å². The third kappa shape index (κ3) is 2.96. The third-order valence-corrected chi connectivity index (χ3v) is 4.30. The Hall–Kier alpha value is -1.92. The van der Waals surface area contributed by atoms with Crippen LogP contribution in [0.15, 0.2) is 18.5 Å². The maximum atomic E-state index is 12.7. The summed E-state index contributed by atoms with van der Waals surface area (Å²) in [7, 11) is 1.64. The molecular weight excluding hydrogens is 316 g/mol. The highest BCUT2D eigenvalue weighted by molar-refractivity contribution is 6.28. The van der Waals surface area contributed by atoms with Gasteiger partial charge in [0.15, 0.2) is 0 Å². The molecule has 0 aromatic carbocycles. The molecule has 6 nitrogen and oxygen atoms in total. The van der Waals surface area contributed by atoms with Crippen molar-refractivity contribution < 1.29 is 9.53 Å². The van der Waals surface area contributed by atoms with Crippen LogP contribution in [0.5, 0.6) is 0 Å². The number of methoxy groups -OCH3 is 1. The van der Waals surface area contributed by atoms with Gasteiger partial charge in [-0.25, -0.2) is 9.97 Å². The van der Waals surface area contributed by atoms with Gasteiger partial charge >= 0.3 is 0 Å². The van der Waals surface area contributed by atoms with Gasteiger partial charge in [-0.05, 0) is 37.1 Å². The van der Waals surface area contributed by atoms with Gasteiger partial charge in [-0.3, -0.25) is 4.79 Å². The quantitative estimate of drug-likeness (QED) is 0.806. The van der Waals surface area contributed by atoms with Gasteiger partial charge in [0.25, 0.3) is 5.91 Å². The van der Waals surface area contributed by atoms with Crippen molar-refractivity contribution in [3.8, 4) is 11.3 Å². The Balaban J connectivity index is 1.97. The lowest BCUT2D eigenvalue weighted by atomic mass is 10.1. The SMILES string of the molecule is COCCN1C(=O)c2cc(-c3nc(Cl)ncc3C)cn2C[C@@H]1C. The molecule has 1 amide bonds. The van der Waals surface area contributed by atoms with Gasteiger partial charge in [0, 0.05) is 44.2 Å². The maximum Gasteiger partial charge on any atom is 0.270 e. The monoisotopic (exact) mass is 334 g/mol. The van der Waals surface area contributed by atoms with Crippen molar-refractivity contribution in [1.82, 2.24) is 19.4 Å². The normalized spacial score (nSPS) is 17.5. The van der Waals surface area contributed by atoms with Crippen molar-refractivity contribution in [1.29, 1.82) is 0 Å². The van der Waals surface area contributed by atoms with Crippen LogP contribution in [0.4, 0.5) is 0 Å². The van der Waals surface area contributed by atoms with Crippen LogP contribution in [0.1, 0.15) is 23.0 Å². The largest absolute Gasteiger partial charge is 0.383 e. The third-order valence-electron chi connectivity index (χ3n) is 4.12. The number of halogens is 1. The average Bonchev–Trinajstić information content (AvgIpc) is 2.93. The van der Waals surface area contributed by atoms with Crippen molar-refractivity contribution >= 4 is 17.5 Å². The molecule has 0 aliphatic carbocycles. The summed E-state index contributed by atoms with van der Waals surface area (Å²) in [5, 5.41) is 0.205. The van der Waals surface area contributed by atoms with E-state index in [-0.39, 0.29) is 17.2 Å². The molecule has 3 heterocycles. The fourth-order valence-corrected chi connectivity index (χ4v) is 3.06. The Morgan fingerprint density at radius 2 is 2.26 bits per heavy atom. The number of nitrogens with zero attached hydrogens (tertiary/aromatic N) is 4. The van der Waals surface area contributed by atoms with E-state index < -0.39 is 0 Å². The van der Waals surface area contributed by atoms with E-state index >= 15 is 0 Å². The molecule has 0 fully saturated rings. The number of rotatable bonds is 4. The molecule has 0 unspecified atom stereocenters. The number of carbonyl (C=O) groups excluding carboxylic acids is 1. The van der Waals surface area contributed by atoms with E-state index in [1.165, 1.54) is 0 Å². The van der Waals surface area contributed by atoms with E-state index in [2.05, 4.69) is 9.97 Å². The molecule has 0 spiro atoms. The molecule has 0 saturated carbocycles. The molecule has 23 heavy (non-hydrogen) atoms. The van der Waals surface area contributed by atoms with Gasteiger partial charge in [-0.1, -0.05) is 0 Å². The van der Waals surface area contributed by atoms with E-state index in [0.717, 1.165) is 23.4 Å². The second-order valence-corrected chi connectivity index (χ2v) is 6.12. The summed E-state index contributed by atoms with van der Waals surface area (Å²) in [6.45, 7) is 5.85. The summed E-state index contributed by atoms with van der Waals surface area (Å²) in [5.41, 5.74) is 3.24. The number of aromatic nitrogens is 3. The highest BCUT2D eigenvalue weighted by atomic mass is 35.5. The number of fused-ring (bicyclic) bond motifs is 1. The van der Waals surface area contributed by atoms with E-state index in [4.69, 9.17) is 16.3 Å². The first-order chi connectivity index (χ1) is 11.0. The first-order valence-electron chi connectivity index (χ1n) is 7.51. The molecule has 1 aliphatic rings. The zero-order valence-corrected chi connectivity index (χ0v) is 14.2. The smallest absolute Gasteiger partial charge is 0.270 e. The summed E-state index contributed by atoms with van der Waals surface area (Å²) in [6, 6.07) is 2.00. The van der Waals surface area contributed by atoms with Gasteiger partial charge in [-0.2, -0.15) is 0 Å². The molecule has 3 rings (SSSR count). The van der Waals surface area contributed by atoms with Crippen LogP contribution in [-0.4, -0.2) is 51.6 Å². The summed E-state index contributed by atoms with van der Waals surface area (Å²) in [5.74, 6) is 0.0184. The number of ether oxygens (including phenoxy) is 1. The Bertz CT molecular complexity index is 744. The lowest BCUT2D eigenvalue weighted by Gasteiger charge is -2.34. The molecule has 1 aliphatic heterocycles. The van der Waals surface area contributed by atoms with Crippen LogP contribution in [0.3, 0.4) is 0 Å². The second-order valence-electron chi connectivity index (χ2n) is 5.78. The van der Waals surface area contributed by atoms with Crippen LogP contribution in [-0.2, 0) is 11.3 Å². The number of aryl methyl sites for hydroxylation is 1.